The van der Waals surface area contributed by atoms with E-state index >= 15 is 0 Å². The molecule has 0 aromatic heterocycles. The molecule has 0 aliphatic heterocycles. The Labute approximate surface area is 163 Å². The quantitative estimate of drug-likeness (QED) is 0.783. The second kappa shape index (κ2) is 9.05. The lowest BCUT2D eigenvalue weighted by molar-refractivity contribution is -0.122. The molecule has 0 fully saturated rings. The Morgan fingerprint density at radius 1 is 1.04 bits per heavy atom. The van der Waals surface area contributed by atoms with Gasteiger partial charge in [0.15, 0.2) is 6.10 Å². The lowest BCUT2D eigenvalue weighted by atomic mass is 9.87. The van der Waals surface area contributed by atoms with Gasteiger partial charge in [0.1, 0.15) is 5.75 Å². The number of ether oxygens (including phenoxy) is 1. The molecule has 1 amide bonds. The van der Waals surface area contributed by atoms with Gasteiger partial charge in [-0.05, 0) is 68.2 Å². The standard InChI is InChI=1S/C23H32N2O2/c1-17(27-21-13-9-19(10-14-21)23(2,3)4)22(26)24-20-11-7-18(8-12-20)15-16-25(5)6/h7-14,17H,15-16H2,1-6H3,(H,24,26). The molecule has 1 unspecified atom stereocenters. The summed E-state index contributed by atoms with van der Waals surface area (Å²) in [4.78, 5) is 14.6. The minimum Gasteiger partial charge on any atom is -0.481 e. The highest BCUT2D eigenvalue weighted by Crippen LogP contribution is 2.24. The van der Waals surface area contributed by atoms with Crippen molar-refractivity contribution in [3.05, 3.63) is 59.7 Å². The van der Waals surface area contributed by atoms with Crippen LogP contribution in [0, 0.1) is 0 Å². The Balaban J connectivity index is 1.89. The van der Waals surface area contributed by atoms with Crippen LogP contribution in [0.1, 0.15) is 38.8 Å². The van der Waals surface area contributed by atoms with Gasteiger partial charge >= 0.3 is 0 Å². The first-order valence-corrected chi connectivity index (χ1v) is 9.47. The number of nitrogens with one attached hydrogen (secondary N) is 1. The van der Waals surface area contributed by atoms with Crippen LogP contribution in [0.5, 0.6) is 5.75 Å². The summed E-state index contributed by atoms with van der Waals surface area (Å²) < 4.78 is 5.79. The largest absolute Gasteiger partial charge is 0.481 e. The van der Waals surface area contributed by atoms with Crippen LogP contribution in [0.25, 0.3) is 0 Å². The van der Waals surface area contributed by atoms with Crippen molar-refractivity contribution in [2.45, 2.75) is 45.6 Å². The van der Waals surface area contributed by atoms with Crippen molar-refractivity contribution < 1.29 is 9.53 Å². The average Bonchev–Trinajstić information content (AvgIpc) is 2.60. The molecule has 2 aromatic carbocycles. The zero-order valence-electron chi connectivity index (χ0n) is 17.4. The van der Waals surface area contributed by atoms with Gasteiger partial charge in [0.05, 0.1) is 0 Å². The van der Waals surface area contributed by atoms with Crippen molar-refractivity contribution in [3.8, 4) is 5.75 Å². The Hall–Kier alpha value is -2.33. The van der Waals surface area contributed by atoms with Crippen LogP contribution in [0.15, 0.2) is 48.5 Å². The topological polar surface area (TPSA) is 41.6 Å². The number of likely N-dealkylation sites (N-methyl/N-ethyl adjacent to an activating group) is 1. The SMILES string of the molecule is CC(Oc1ccc(C(C)(C)C)cc1)C(=O)Nc1ccc(CCN(C)C)cc1. The number of rotatable bonds is 7. The van der Waals surface area contributed by atoms with E-state index in [0.717, 1.165) is 18.7 Å². The first-order valence-electron chi connectivity index (χ1n) is 9.47. The van der Waals surface area contributed by atoms with Gasteiger partial charge in [-0.15, -0.1) is 0 Å². The summed E-state index contributed by atoms with van der Waals surface area (Å²) in [7, 11) is 4.12. The fourth-order valence-corrected chi connectivity index (χ4v) is 2.64. The molecule has 0 heterocycles. The predicted octanol–water partition coefficient (Wildman–Crippen LogP) is 4.49. The van der Waals surface area contributed by atoms with Crippen LogP contribution in [0.4, 0.5) is 5.69 Å². The highest BCUT2D eigenvalue weighted by Gasteiger charge is 2.16. The van der Waals surface area contributed by atoms with E-state index in [1.54, 1.807) is 6.92 Å². The zero-order valence-corrected chi connectivity index (χ0v) is 17.4. The third-order valence-corrected chi connectivity index (χ3v) is 4.47. The van der Waals surface area contributed by atoms with E-state index in [1.165, 1.54) is 11.1 Å². The number of carbonyl (C=O) groups is 1. The molecule has 146 valence electrons. The molecular weight excluding hydrogens is 336 g/mol. The van der Waals surface area contributed by atoms with Crippen molar-refractivity contribution in [2.24, 2.45) is 0 Å². The minimum atomic E-state index is -0.570. The van der Waals surface area contributed by atoms with Gasteiger partial charge in [0.25, 0.3) is 5.91 Å². The first kappa shape index (κ1) is 21.0. The van der Waals surface area contributed by atoms with E-state index in [4.69, 9.17) is 4.74 Å². The molecule has 27 heavy (non-hydrogen) atoms. The molecule has 2 rings (SSSR count). The van der Waals surface area contributed by atoms with Gasteiger partial charge in [-0.1, -0.05) is 45.0 Å². The molecule has 1 atom stereocenters. The molecule has 0 saturated carbocycles. The second-order valence-corrected chi connectivity index (χ2v) is 8.27. The Morgan fingerprint density at radius 3 is 2.15 bits per heavy atom. The van der Waals surface area contributed by atoms with E-state index in [9.17, 15) is 4.79 Å². The molecule has 2 aromatic rings. The molecule has 4 heteroatoms. The van der Waals surface area contributed by atoms with E-state index in [2.05, 4.69) is 57.2 Å². The number of hydrogen-bond donors (Lipinski definition) is 1. The maximum atomic E-state index is 12.4. The second-order valence-electron chi connectivity index (χ2n) is 8.27. The van der Waals surface area contributed by atoms with Crippen LogP contribution < -0.4 is 10.1 Å². The molecular formula is C23H32N2O2. The van der Waals surface area contributed by atoms with Crippen LogP contribution in [0.2, 0.25) is 0 Å². The van der Waals surface area contributed by atoms with Gasteiger partial charge in [-0.3, -0.25) is 4.79 Å². The van der Waals surface area contributed by atoms with E-state index in [-0.39, 0.29) is 11.3 Å². The van der Waals surface area contributed by atoms with Crippen molar-refractivity contribution in [2.75, 3.05) is 26.0 Å². The summed E-state index contributed by atoms with van der Waals surface area (Å²) in [5.41, 5.74) is 3.37. The third kappa shape index (κ3) is 6.72. The lowest BCUT2D eigenvalue weighted by Crippen LogP contribution is -2.30. The number of benzene rings is 2. The summed E-state index contributed by atoms with van der Waals surface area (Å²) in [6.07, 6.45) is 0.421. The number of nitrogens with zero attached hydrogens (tertiary/aromatic N) is 1. The van der Waals surface area contributed by atoms with E-state index in [1.807, 2.05) is 36.4 Å². The summed E-state index contributed by atoms with van der Waals surface area (Å²) >= 11 is 0. The number of carbonyl (C=O) groups excluding carboxylic acids is 1. The fraction of sp³-hybridized carbons (Fsp3) is 0.435. The molecule has 0 bridgehead atoms. The summed E-state index contributed by atoms with van der Waals surface area (Å²) in [5, 5.41) is 2.92. The van der Waals surface area contributed by atoms with E-state index in [0.29, 0.717) is 5.75 Å². The number of anilines is 1. The maximum absolute atomic E-state index is 12.4. The van der Waals surface area contributed by atoms with Crippen LogP contribution in [0.3, 0.4) is 0 Å². The van der Waals surface area contributed by atoms with Gasteiger partial charge in [-0.25, -0.2) is 0 Å². The van der Waals surface area contributed by atoms with E-state index < -0.39 is 6.10 Å². The molecule has 4 nitrogen and oxygen atoms in total. The summed E-state index contributed by atoms with van der Waals surface area (Å²) in [5.74, 6) is 0.542. The Bertz CT molecular complexity index is 728. The smallest absolute Gasteiger partial charge is 0.265 e. The number of amides is 1. The highest BCUT2D eigenvalue weighted by atomic mass is 16.5. The molecule has 0 spiro atoms. The normalized spacial score (nSPS) is 12.7. The lowest BCUT2D eigenvalue weighted by Gasteiger charge is -2.20. The van der Waals surface area contributed by atoms with Gasteiger partial charge in [-0.2, -0.15) is 0 Å². The van der Waals surface area contributed by atoms with Gasteiger partial charge in [0.2, 0.25) is 0 Å². The molecule has 1 N–H and O–H groups in total. The van der Waals surface area contributed by atoms with Crippen LogP contribution in [-0.4, -0.2) is 37.6 Å². The van der Waals surface area contributed by atoms with Crippen LogP contribution in [-0.2, 0) is 16.6 Å². The van der Waals surface area contributed by atoms with Crippen molar-refractivity contribution in [3.63, 3.8) is 0 Å². The molecule has 0 saturated heterocycles. The number of hydrogen-bond acceptors (Lipinski definition) is 3. The molecule has 0 radical (unpaired) electrons. The van der Waals surface area contributed by atoms with Gasteiger partial charge in [0, 0.05) is 12.2 Å². The Kier molecular flexibility index (Phi) is 7.03. The predicted molar refractivity (Wildman–Crippen MR) is 113 cm³/mol. The summed E-state index contributed by atoms with van der Waals surface area (Å²) in [6.45, 7) is 9.28. The average molecular weight is 369 g/mol. The van der Waals surface area contributed by atoms with Crippen molar-refractivity contribution in [1.82, 2.24) is 4.90 Å². The van der Waals surface area contributed by atoms with Gasteiger partial charge < -0.3 is 15.0 Å². The monoisotopic (exact) mass is 368 g/mol. The Morgan fingerprint density at radius 2 is 1.63 bits per heavy atom. The van der Waals surface area contributed by atoms with Crippen molar-refractivity contribution >= 4 is 11.6 Å². The molecule has 0 aliphatic carbocycles. The molecule has 0 aliphatic rings. The third-order valence-electron chi connectivity index (χ3n) is 4.47. The summed E-state index contributed by atoms with van der Waals surface area (Å²) in [6, 6.07) is 15.9. The fourth-order valence-electron chi connectivity index (χ4n) is 2.64. The van der Waals surface area contributed by atoms with Crippen molar-refractivity contribution in [1.29, 1.82) is 0 Å². The van der Waals surface area contributed by atoms with Crippen LogP contribution >= 0.6 is 0 Å². The minimum absolute atomic E-state index is 0.0974. The zero-order chi connectivity index (χ0) is 20.0. The first-order chi connectivity index (χ1) is 12.6. The highest BCUT2D eigenvalue weighted by molar-refractivity contribution is 5.94. The maximum Gasteiger partial charge on any atom is 0.265 e.